The van der Waals surface area contributed by atoms with Crippen LogP contribution in [0.15, 0.2) is 42.5 Å². The van der Waals surface area contributed by atoms with Gasteiger partial charge in [-0.05, 0) is 62.1 Å². The van der Waals surface area contributed by atoms with E-state index in [0.29, 0.717) is 23.7 Å². The number of benzene rings is 2. The number of carbonyl (C=O) groups excluding carboxylic acids is 2. The highest BCUT2D eigenvalue weighted by molar-refractivity contribution is 6.30. The van der Waals surface area contributed by atoms with Crippen LogP contribution < -0.4 is 10.6 Å². The number of hydrogen-bond donors (Lipinski definition) is 2. The standard InChI is InChI=1S/C22H24ClN5O2/c1-14-5-4-6-19(15(14)2)25-22(30)21-16(3)28(27-26-21)13-20(29)24-12-11-17-7-9-18(23)10-8-17/h4-10H,11-13H2,1-3H3,(H,24,29)(H,25,30). The molecule has 0 radical (unpaired) electrons. The van der Waals surface area contributed by atoms with Crippen molar-refractivity contribution in [2.45, 2.75) is 33.7 Å². The molecule has 1 heterocycles. The highest BCUT2D eigenvalue weighted by Gasteiger charge is 2.18. The number of aryl methyl sites for hydroxylation is 1. The Bertz CT molecular complexity index is 1060. The smallest absolute Gasteiger partial charge is 0.278 e. The van der Waals surface area contributed by atoms with Crippen LogP contribution in [0, 0.1) is 20.8 Å². The molecule has 0 aliphatic carbocycles. The largest absolute Gasteiger partial charge is 0.354 e. The highest BCUT2D eigenvalue weighted by atomic mass is 35.5. The van der Waals surface area contributed by atoms with E-state index < -0.39 is 0 Å². The molecule has 0 spiro atoms. The average Bonchev–Trinajstić information content (AvgIpc) is 3.07. The third-order valence-corrected chi connectivity index (χ3v) is 5.24. The van der Waals surface area contributed by atoms with Gasteiger partial charge < -0.3 is 10.6 Å². The summed E-state index contributed by atoms with van der Waals surface area (Å²) in [5.41, 5.74) is 4.63. The molecule has 2 amide bonds. The molecule has 0 atom stereocenters. The van der Waals surface area contributed by atoms with E-state index in [1.54, 1.807) is 6.92 Å². The molecular formula is C22H24ClN5O2. The van der Waals surface area contributed by atoms with Crippen molar-refractivity contribution in [3.05, 3.63) is 75.6 Å². The second kappa shape index (κ2) is 9.54. The fourth-order valence-corrected chi connectivity index (χ4v) is 3.10. The zero-order chi connectivity index (χ0) is 21.7. The van der Waals surface area contributed by atoms with Gasteiger partial charge in [0.15, 0.2) is 5.69 Å². The lowest BCUT2D eigenvalue weighted by atomic mass is 10.1. The first-order valence-corrected chi connectivity index (χ1v) is 10.0. The first-order chi connectivity index (χ1) is 14.3. The van der Waals surface area contributed by atoms with Gasteiger partial charge in [0.2, 0.25) is 5.91 Å². The number of aromatic nitrogens is 3. The van der Waals surface area contributed by atoms with Gasteiger partial charge in [-0.2, -0.15) is 0 Å². The molecule has 30 heavy (non-hydrogen) atoms. The maximum atomic E-state index is 12.6. The second-order valence-electron chi connectivity index (χ2n) is 7.11. The van der Waals surface area contributed by atoms with E-state index in [0.717, 1.165) is 22.4 Å². The molecule has 0 fully saturated rings. The van der Waals surface area contributed by atoms with Crippen LogP contribution in [0.2, 0.25) is 5.02 Å². The number of anilines is 1. The van der Waals surface area contributed by atoms with Crippen LogP contribution in [-0.4, -0.2) is 33.4 Å². The summed E-state index contributed by atoms with van der Waals surface area (Å²) in [7, 11) is 0. The fourth-order valence-electron chi connectivity index (χ4n) is 2.98. The Kier molecular flexibility index (Phi) is 6.84. The Morgan fingerprint density at radius 3 is 2.53 bits per heavy atom. The van der Waals surface area contributed by atoms with Crippen molar-refractivity contribution in [1.29, 1.82) is 0 Å². The van der Waals surface area contributed by atoms with Gasteiger partial charge in [0.25, 0.3) is 5.91 Å². The monoisotopic (exact) mass is 425 g/mol. The number of rotatable bonds is 7. The molecule has 7 nitrogen and oxygen atoms in total. The minimum atomic E-state index is -0.351. The van der Waals surface area contributed by atoms with Crippen molar-refractivity contribution in [2.24, 2.45) is 0 Å². The zero-order valence-electron chi connectivity index (χ0n) is 17.2. The van der Waals surface area contributed by atoms with E-state index in [2.05, 4.69) is 20.9 Å². The number of nitrogens with zero attached hydrogens (tertiary/aromatic N) is 3. The average molecular weight is 426 g/mol. The molecule has 0 aliphatic heterocycles. The second-order valence-corrected chi connectivity index (χ2v) is 7.55. The molecule has 156 valence electrons. The van der Waals surface area contributed by atoms with Crippen molar-refractivity contribution in [3.63, 3.8) is 0 Å². The van der Waals surface area contributed by atoms with Crippen LogP contribution in [0.4, 0.5) is 5.69 Å². The van der Waals surface area contributed by atoms with Gasteiger partial charge in [0, 0.05) is 17.3 Å². The molecule has 0 saturated carbocycles. The van der Waals surface area contributed by atoms with Gasteiger partial charge in [0.1, 0.15) is 6.54 Å². The molecule has 3 aromatic rings. The summed E-state index contributed by atoms with van der Waals surface area (Å²) in [6, 6.07) is 13.2. The van der Waals surface area contributed by atoms with Crippen molar-refractivity contribution >= 4 is 29.1 Å². The number of halogens is 1. The lowest BCUT2D eigenvalue weighted by Crippen LogP contribution is -2.30. The van der Waals surface area contributed by atoms with E-state index >= 15 is 0 Å². The Labute approximate surface area is 180 Å². The third-order valence-electron chi connectivity index (χ3n) is 4.99. The lowest BCUT2D eigenvalue weighted by molar-refractivity contribution is -0.121. The summed E-state index contributed by atoms with van der Waals surface area (Å²) in [5.74, 6) is -0.547. The first kappa shape index (κ1) is 21.5. The summed E-state index contributed by atoms with van der Waals surface area (Å²) in [6.45, 7) is 6.14. The molecular weight excluding hydrogens is 402 g/mol. The van der Waals surface area contributed by atoms with Gasteiger partial charge in [-0.1, -0.05) is 41.1 Å². The summed E-state index contributed by atoms with van der Waals surface area (Å²) in [6.07, 6.45) is 0.697. The van der Waals surface area contributed by atoms with Crippen molar-refractivity contribution in [1.82, 2.24) is 20.3 Å². The first-order valence-electron chi connectivity index (χ1n) is 9.64. The third kappa shape index (κ3) is 5.24. The summed E-state index contributed by atoms with van der Waals surface area (Å²) < 4.78 is 1.43. The predicted molar refractivity (Wildman–Crippen MR) is 117 cm³/mol. The van der Waals surface area contributed by atoms with Crippen LogP contribution in [0.5, 0.6) is 0 Å². The van der Waals surface area contributed by atoms with E-state index in [1.165, 1.54) is 4.68 Å². The topological polar surface area (TPSA) is 88.9 Å². The van der Waals surface area contributed by atoms with Gasteiger partial charge in [-0.15, -0.1) is 5.10 Å². The number of nitrogens with one attached hydrogen (secondary N) is 2. The predicted octanol–water partition coefficient (Wildman–Crippen LogP) is 3.47. The maximum Gasteiger partial charge on any atom is 0.278 e. The van der Waals surface area contributed by atoms with Gasteiger partial charge in [-0.25, -0.2) is 4.68 Å². The van der Waals surface area contributed by atoms with Gasteiger partial charge in [0.05, 0.1) is 5.69 Å². The van der Waals surface area contributed by atoms with E-state index in [-0.39, 0.29) is 24.1 Å². The number of carbonyl (C=O) groups is 2. The van der Waals surface area contributed by atoms with Crippen LogP contribution in [0.3, 0.4) is 0 Å². The molecule has 3 rings (SSSR count). The molecule has 1 aromatic heterocycles. The van der Waals surface area contributed by atoms with E-state index in [1.807, 2.05) is 56.3 Å². The SMILES string of the molecule is Cc1cccc(NC(=O)c2nnn(CC(=O)NCCc3ccc(Cl)cc3)c2C)c1C. The fraction of sp³-hybridized carbons (Fsp3) is 0.273. The summed E-state index contributed by atoms with van der Waals surface area (Å²) in [5, 5.41) is 14.3. The van der Waals surface area contributed by atoms with Crippen molar-refractivity contribution in [2.75, 3.05) is 11.9 Å². The molecule has 0 aliphatic rings. The minimum Gasteiger partial charge on any atom is -0.354 e. The molecule has 2 N–H and O–H groups in total. The Hall–Kier alpha value is -3.19. The van der Waals surface area contributed by atoms with E-state index in [9.17, 15) is 9.59 Å². The molecule has 0 saturated heterocycles. The number of hydrogen-bond acceptors (Lipinski definition) is 4. The highest BCUT2D eigenvalue weighted by Crippen LogP contribution is 2.19. The van der Waals surface area contributed by atoms with Crippen LogP contribution in [-0.2, 0) is 17.8 Å². The summed E-state index contributed by atoms with van der Waals surface area (Å²) in [4.78, 5) is 24.9. The quantitative estimate of drug-likeness (QED) is 0.606. The Morgan fingerprint density at radius 1 is 1.07 bits per heavy atom. The summed E-state index contributed by atoms with van der Waals surface area (Å²) >= 11 is 5.87. The number of amides is 2. The molecule has 2 aromatic carbocycles. The maximum absolute atomic E-state index is 12.6. The van der Waals surface area contributed by atoms with Crippen LogP contribution in [0.25, 0.3) is 0 Å². The molecule has 0 bridgehead atoms. The van der Waals surface area contributed by atoms with Crippen LogP contribution in [0.1, 0.15) is 32.9 Å². The van der Waals surface area contributed by atoms with Crippen molar-refractivity contribution < 1.29 is 9.59 Å². The Morgan fingerprint density at radius 2 is 1.80 bits per heavy atom. The van der Waals surface area contributed by atoms with Crippen molar-refractivity contribution in [3.8, 4) is 0 Å². The van der Waals surface area contributed by atoms with E-state index in [4.69, 9.17) is 11.6 Å². The molecule has 0 unspecified atom stereocenters. The van der Waals surface area contributed by atoms with Crippen LogP contribution >= 0.6 is 11.6 Å². The van der Waals surface area contributed by atoms with Gasteiger partial charge in [-0.3, -0.25) is 9.59 Å². The minimum absolute atomic E-state index is 0.00377. The lowest BCUT2D eigenvalue weighted by Gasteiger charge is -2.10. The normalized spacial score (nSPS) is 10.7. The Balaban J connectivity index is 1.56. The van der Waals surface area contributed by atoms with Gasteiger partial charge >= 0.3 is 0 Å². The zero-order valence-corrected chi connectivity index (χ0v) is 18.0. The molecule has 8 heteroatoms.